The molecule has 18 heavy (non-hydrogen) atoms. The Bertz CT molecular complexity index is 426. The van der Waals surface area contributed by atoms with Gasteiger partial charge in [0.05, 0.1) is 4.21 Å². The highest BCUT2D eigenvalue weighted by atomic mass is 32.2. The van der Waals surface area contributed by atoms with Gasteiger partial charge in [-0.25, -0.2) is 0 Å². The molecule has 0 atom stereocenters. The summed E-state index contributed by atoms with van der Waals surface area (Å²) in [5, 5.41) is 1.40. The van der Waals surface area contributed by atoms with E-state index in [1.807, 2.05) is 23.1 Å². The van der Waals surface area contributed by atoms with Gasteiger partial charge in [0.2, 0.25) is 0 Å². The topological polar surface area (TPSA) is 0 Å². The first kappa shape index (κ1) is 14.0. The molecule has 2 heteroatoms. The highest BCUT2D eigenvalue weighted by Crippen LogP contribution is 2.33. The van der Waals surface area contributed by atoms with Crippen LogP contribution in [0.4, 0.5) is 0 Å². The van der Waals surface area contributed by atoms with Crippen molar-refractivity contribution in [1.82, 2.24) is 0 Å². The first-order valence-electron chi connectivity index (χ1n) is 7.01. The monoisotopic (exact) mass is 278 g/mol. The molecule has 2 aromatic rings. The number of benzene rings is 1. The number of thioether (sulfide) groups is 1. The molecular weight excluding hydrogens is 256 g/mol. The van der Waals surface area contributed by atoms with Crippen molar-refractivity contribution >= 4 is 33.2 Å². The predicted molar refractivity (Wildman–Crippen MR) is 85.9 cm³/mol. The van der Waals surface area contributed by atoms with Crippen LogP contribution in [0.2, 0.25) is 0 Å². The van der Waals surface area contributed by atoms with Gasteiger partial charge in [0.1, 0.15) is 0 Å². The van der Waals surface area contributed by atoms with Gasteiger partial charge in [-0.15, -0.1) is 23.1 Å². The maximum atomic E-state index is 2.34. The molecule has 0 radical (unpaired) electrons. The second-order valence-electron chi connectivity index (χ2n) is 4.72. The van der Waals surface area contributed by atoms with Crippen LogP contribution < -0.4 is 0 Å². The van der Waals surface area contributed by atoms with Gasteiger partial charge < -0.3 is 0 Å². The summed E-state index contributed by atoms with van der Waals surface area (Å²) in [6, 6.07) is 11.0. The molecule has 0 aliphatic heterocycles. The molecule has 0 aliphatic rings. The van der Waals surface area contributed by atoms with Crippen molar-refractivity contribution in [3.05, 3.63) is 30.3 Å². The van der Waals surface area contributed by atoms with E-state index in [4.69, 9.17) is 0 Å². The number of rotatable bonds is 8. The number of thiophene rings is 1. The zero-order valence-corrected chi connectivity index (χ0v) is 12.8. The lowest BCUT2D eigenvalue weighted by Gasteiger charge is -1.99. The van der Waals surface area contributed by atoms with E-state index < -0.39 is 0 Å². The zero-order chi connectivity index (χ0) is 12.6. The molecule has 0 aliphatic carbocycles. The van der Waals surface area contributed by atoms with E-state index in [0.717, 1.165) is 0 Å². The summed E-state index contributed by atoms with van der Waals surface area (Å²) in [7, 11) is 0. The summed E-state index contributed by atoms with van der Waals surface area (Å²) in [5.41, 5.74) is 0. The van der Waals surface area contributed by atoms with Crippen LogP contribution in [0.25, 0.3) is 10.1 Å². The van der Waals surface area contributed by atoms with Crippen LogP contribution in [0, 0.1) is 0 Å². The van der Waals surface area contributed by atoms with Crippen LogP contribution in [0.15, 0.2) is 34.5 Å². The van der Waals surface area contributed by atoms with Gasteiger partial charge in [-0.1, -0.05) is 57.2 Å². The third-order valence-corrected chi connectivity index (χ3v) is 5.55. The molecular formula is C16H22S2. The average Bonchev–Trinajstić information content (AvgIpc) is 2.80. The normalized spacial score (nSPS) is 11.2. The van der Waals surface area contributed by atoms with Crippen LogP contribution in [-0.2, 0) is 0 Å². The standard InChI is InChI=1S/C16H22S2/c1-2-3-4-5-6-9-12-17-16-13-14-10-7-8-11-15(14)18-16/h7-8,10-11,13H,2-6,9,12H2,1H3. The van der Waals surface area contributed by atoms with Gasteiger partial charge in [-0.2, -0.15) is 0 Å². The minimum atomic E-state index is 1.28. The molecule has 0 bridgehead atoms. The van der Waals surface area contributed by atoms with Crippen molar-refractivity contribution in [3.8, 4) is 0 Å². The van der Waals surface area contributed by atoms with E-state index in [-0.39, 0.29) is 0 Å². The van der Waals surface area contributed by atoms with Crippen molar-refractivity contribution < 1.29 is 0 Å². The Morgan fingerprint density at radius 2 is 1.78 bits per heavy atom. The second kappa shape index (κ2) is 7.85. The molecule has 1 aromatic heterocycles. The van der Waals surface area contributed by atoms with Crippen molar-refractivity contribution in [2.75, 3.05) is 5.75 Å². The fourth-order valence-electron chi connectivity index (χ4n) is 2.08. The van der Waals surface area contributed by atoms with Gasteiger partial charge in [-0.05, 0) is 29.7 Å². The third-order valence-electron chi connectivity index (χ3n) is 3.15. The molecule has 0 unspecified atom stereocenters. The summed E-state index contributed by atoms with van der Waals surface area (Å²) in [6.45, 7) is 2.28. The van der Waals surface area contributed by atoms with E-state index in [0.29, 0.717) is 0 Å². The van der Waals surface area contributed by atoms with E-state index >= 15 is 0 Å². The predicted octanol–water partition coefficient (Wildman–Crippen LogP) is 6.35. The number of hydrogen-bond donors (Lipinski definition) is 0. The van der Waals surface area contributed by atoms with E-state index in [1.54, 1.807) is 0 Å². The first-order chi connectivity index (χ1) is 8.90. The summed E-state index contributed by atoms with van der Waals surface area (Å²) in [6.07, 6.45) is 8.35. The molecule has 0 fully saturated rings. The van der Waals surface area contributed by atoms with Gasteiger partial charge in [0.15, 0.2) is 0 Å². The van der Waals surface area contributed by atoms with E-state index in [2.05, 4.69) is 37.3 Å². The first-order valence-corrected chi connectivity index (χ1v) is 8.81. The van der Waals surface area contributed by atoms with Crippen LogP contribution in [0.5, 0.6) is 0 Å². The van der Waals surface area contributed by atoms with Crippen molar-refractivity contribution in [1.29, 1.82) is 0 Å². The van der Waals surface area contributed by atoms with E-state index in [1.165, 1.54) is 58.6 Å². The largest absolute Gasteiger partial charge is 0.129 e. The Morgan fingerprint density at radius 3 is 2.61 bits per heavy atom. The molecule has 0 nitrogen and oxygen atoms in total. The molecule has 0 spiro atoms. The van der Waals surface area contributed by atoms with Gasteiger partial charge in [-0.3, -0.25) is 0 Å². The zero-order valence-electron chi connectivity index (χ0n) is 11.2. The lowest BCUT2D eigenvalue weighted by Crippen LogP contribution is -1.81. The van der Waals surface area contributed by atoms with Crippen LogP contribution in [-0.4, -0.2) is 5.75 Å². The molecule has 0 saturated heterocycles. The van der Waals surface area contributed by atoms with Gasteiger partial charge in [0, 0.05) is 4.70 Å². The molecule has 0 amide bonds. The lowest BCUT2D eigenvalue weighted by atomic mass is 10.1. The van der Waals surface area contributed by atoms with Crippen LogP contribution in [0.1, 0.15) is 45.4 Å². The highest BCUT2D eigenvalue weighted by Gasteiger charge is 2.01. The SMILES string of the molecule is CCCCCCCCSc1cc2ccccc2s1. The lowest BCUT2D eigenvalue weighted by molar-refractivity contribution is 0.627. The number of unbranched alkanes of at least 4 members (excludes halogenated alkanes) is 5. The summed E-state index contributed by atoms with van der Waals surface area (Å²) in [5.74, 6) is 1.28. The second-order valence-corrected chi connectivity index (χ2v) is 7.20. The molecule has 98 valence electrons. The fourth-order valence-corrected chi connectivity index (χ4v) is 4.39. The van der Waals surface area contributed by atoms with E-state index in [9.17, 15) is 0 Å². The Labute approximate surface area is 119 Å². The van der Waals surface area contributed by atoms with Crippen molar-refractivity contribution in [3.63, 3.8) is 0 Å². The van der Waals surface area contributed by atoms with Gasteiger partial charge >= 0.3 is 0 Å². The Hall–Kier alpha value is -0.470. The van der Waals surface area contributed by atoms with Crippen molar-refractivity contribution in [2.45, 2.75) is 49.7 Å². The Morgan fingerprint density at radius 1 is 1.00 bits per heavy atom. The molecule has 0 N–H and O–H groups in total. The minimum Gasteiger partial charge on any atom is -0.129 e. The molecule has 1 aromatic carbocycles. The third kappa shape index (κ3) is 4.33. The minimum absolute atomic E-state index is 1.28. The highest BCUT2D eigenvalue weighted by molar-refractivity contribution is 8.01. The maximum Gasteiger partial charge on any atom is 0.0611 e. The fraction of sp³-hybridized carbons (Fsp3) is 0.500. The summed E-state index contributed by atoms with van der Waals surface area (Å²) < 4.78 is 2.90. The summed E-state index contributed by atoms with van der Waals surface area (Å²) >= 11 is 3.96. The summed E-state index contributed by atoms with van der Waals surface area (Å²) in [4.78, 5) is 0. The smallest absolute Gasteiger partial charge is 0.0611 e. The Kier molecular flexibility index (Phi) is 6.09. The quantitative estimate of drug-likeness (QED) is 0.400. The molecule has 1 heterocycles. The molecule has 2 rings (SSSR count). The maximum absolute atomic E-state index is 2.34. The van der Waals surface area contributed by atoms with Crippen LogP contribution >= 0.6 is 23.1 Å². The average molecular weight is 278 g/mol. The number of fused-ring (bicyclic) bond motifs is 1. The van der Waals surface area contributed by atoms with Gasteiger partial charge in [0.25, 0.3) is 0 Å². The Balaban J connectivity index is 1.67. The number of hydrogen-bond acceptors (Lipinski definition) is 2. The molecule has 0 saturated carbocycles. The van der Waals surface area contributed by atoms with Crippen LogP contribution in [0.3, 0.4) is 0 Å². The van der Waals surface area contributed by atoms with Crippen molar-refractivity contribution in [2.24, 2.45) is 0 Å².